The van der Waals surface area contributed by atoms with Gasteiger partial charge in [0, 0.05) is 36.6 Å². The lowest BCUT2D eigenvalue weighted by Crippen LogP contribution is -2.47. The molecule has 1 amide bonds. The third-order valence-electron chi connectivity index (χ3n) is 7.32. The van der Waals surface area contributed by atoms with E-state index in [9.17, 15) is 17.6 Å². The van der Waals surface area contributed by atoms with E-state index in [1.807, 2.05) is 24.3 Å². The summed E-state index contributed by atoms with van der Waals surface area (Å²) >= 11 is 0. The van der Waals surface area contributed by atoms with Crippen LogP contribution in [0.25, 0.3) is 0 Å². The summed E-state index contributed by atoms with van der Waals surface area (Å²) in [6.45, 7) is 4.72. The molecule has 0 saturated carbocycles. The molecular weight excluding hydrogens is 455 g/mol. The molecule has 34 heavy (non-hydrogen) atoms. The van der Waals surface area contributed by atoms with Crippen LogP contribution in [-0.4, -0.2) is 37.3 Å². The van der Waals surface area contributed by atoms with E-state index in [2.05, 4.69) is 19.2 Å². The quantitative estimate of drug-likeness (QED) is 0.620. The van der Waals surface area contributed by atoms with Crippen molar-refractivity contribution in [1.82, 2.24) is 9.62 Å². The van der Waals surface area contributed by atoms with Gasteiger partial charge in [-0.1, -0.05) is 50.2 Å². The Morgan fingerprint density at radius 1 is 1.09 bits per heavy atom. The van der Waals surface area contributed by atoms with Crippen molar-refractivity contribution in [2.45, 2.75) is 63.3 Å². The van der Waals surface area contributed by atoms with Gasteiger partial charge in [0.05, 0.1) is 11.8 Å². The maximum atomic E-state index is 13.9. The van der Waals surface area contributed by atoms with Crippen molar-refractivity contribution in [2.75, 3.05) is 13.1 Å². The predicted molar refractivity (Wildman–Crippen MR) is 129 cm³/mol. The number of benzene rings is 2. The van der Waals surface area contributed by atoms with E-state index in [0.717, 1.165) is 24.2 Å². The molecule has 184 valence electrons. The number of nitrogens with one attached hydrogen (secondary N) is 1. The minimum atomic E-state index is -3.65. The Hall–Kier alpha value is -2.45. The summed E-state index contributed by atoms with van der Waals surface area (Å²) in [5.41, 5.74) is 0.838. The summed E-state index contributed by atoms with van der Waals surface area (Å²) in [6, 6.07) is 13.6. The van der Waals surface area contributed by atoms with Gasteiger partial charge in [-0.2, -0.15) is 0 Å². The molecule has 1 atom stereocenters. The zero-order valence-corrected chi connectivity index (χ0v) is 20.6. The van der Waals surface area contributed by atoms with Gasteiger partial charge in [-0.25, -0.2) is 17.1 Å². The third kappa shape index (κ3) is 5.13. The van der Waals surface area contributed by atoms with Crippen LogP contribution >= 0.6 is 0 Å². The fraction of sp³-hybridized carbons (Fsp3) is 0.500. The fourth-order valence-electron chi connectivity index (χ4n) is 5.02. The highest BCUT2D eigenvalue weighted by Crippen LogP contribution is 2.42. The number of carbonyl (C=O) groups excluding carboxylic acids is 1. The van der Waals surface area contributed by atoms with Crippen LogP contribution < -0.4 is 10.1 Å². The van der Waals surface area contributed by atoms with Crippen molar-refractivity contribution < 1.29 is 22.3 Å². The number of nitrogens with zero attached hydrogens (tertiary/aromatic N) is 1. The van der Waals surface area contributed by atoms with Crippen molar-refractivity contribution >= 4 is 15.9 Å². The fourth-order valence-corrected chi connectivity index (χ4v) is 6.60. The zero-order valence-electron chi connectivity index (χ0n) is 19.8. The number of halogens is 1. The Kier molecular flexibility index (Phi) is 7.28. The van der Waals surface area contributed by atoms with Crippen LogP contribution in [0.15, 0.2) is 48.5 Å². The number of para-hydroxylation sites is 1. The van der Waals surface area contributed by atoms with Crippen LogP contribution in [0.5, 0.6) is 5.75 Å². The second kappa shape index (κ2) is 10.0. The molecule has 0 radical (unpaired) electrons. The maximum Gasteiger partial charge on any atom is 0.223 e. The lowest BCUT2D eigenvalue weighted by Gasteiger charge is -2.42. The van der Waals surface area contributed by atoms with E-state index in [1.54, 1.807) is 6.07 Å². The molecule has 6 nitrogen and oxygen atoms in total. The standard InChI is InChI=1S/C26H33FN2O4S/c1-3-26(4-2)17-23(21-10-6-8-12-24(21)33-26)28-25(30)19-13-15-29(16-14-19)34(31,32)18-20-9-5-7-11-22(20)27/h5-12,19,23H,3-4,13-18H2,1-2H3,(H,28,30)/t23-/m0/s1. The topological polar surface area (TPSA) is 75.7 Å². The highest BCUT2D eigenvalue weighted by Gasteiger charge is 2.40. The number of carbonyl (C=O) groups is 1. The minimum Gasteiger partial charge on any atom is -0.487 e. The molecule has 0 spiro atoms. The number of sulfonamides is 1. The van der Waals surface area contributed by atoms with Gasteiger partial charge in [-0.05, 0) is 37.8 Å². The highest BCUT2D eigenvalue weighted by atomic mass is 32.2. The van der Waals surface area contributed by atoms with Gasteiger partial charge in [0.25, 0.3) is 0 Å². The number of hydrogen-bond acceptors (Lipinski definition) is 4. The van der Waals surface area contributed by atoms with Crippen LogP contribution in [0, 0.1) is 11.7 Å². The van der Waals surface area contributed by atoms with Gasteiger partial charge >= 0.3 is 0 Å². The van der Waals surface area contributed by atoms with Crippen LogP contribution in [-0.2, 0) is 20.6 Å². The molecule has 1 saturated heterocycles. The number of rotatable bonds is 7. The molecular formula is C26H33FN2O4S. The second-order valence-electron chi connectivity index (χ2n) is 9.32. The van der Waals surface area contributed by atoms with Crippen molar-refractivity contribution in [3.05, 3.63) is 65.5 Å². The van der Waals surface area contributed by atoms with Crippen LogP contribution in [0.2, 0.25) is 0 Å². The summed E-state index contributed by atoms with van der Waals surface area (Å²) in [7, 11) is -3.65. The van der Waals surface area contributed by atoms with E-state index in [0.29, 0.717) is 19.3 Å². The highest BCUT2D eigenvalue weighted by molar-refractivity contribution is 7.88. The summed E-state index contributed by atoms with van der Waals surface area (Å²) < 4.78 is 47.3. The SMILES string of the molecule is CCC1(CC)C[C@H](NC(=O)C2CCN(S(=O)(=O)Cc3ccccc3F)CC2)c2ccccc2O1. The monoisotopic (exact) mass is 488 g/mol. The number of ether oxygens (including phenoxy) is 1. The average molecular weight is 489 g/mol. The van der Waals surface area contributed by atoms with E-state index in [4.69, 9.17) is 4.74 Å². The number of fused-ring (bicyclic) bond motifs is 1. The molecule has 2 aliphatic rings. The Balaban J connectivity index is 1.40. The van der Waals surface area contributed by atoms with Crippen molar-refractivity contribution in [3.63, 3.8) is 0 Å². The molecule has 4 rings (SSSR count). The first kappa shape index (κ1) is 24.7. The first-order valence-electron chi connectivity index (χ1n) is 12.1. The van der Waals surface area contributed by atoms with Crippen molar-refractivity contribution in [1.29, 1.82) is 0 Å². The molecule has 0 aliphatic carbocycles. The molecule has 0 unspecified atom stereocenters. The lowest BCUT2D eigenvalue weighted by molar-refractivity contribution is -0.127. The molecule has 1 fully saturated rings. The van der Waals surface area contributed by atoms with Crippen molar-refractivity contribution in [2.24, 2.45) is 5.92 Å². The van der Waals surface area contributed by atoms with Gasteiger partial charge in [0.2, 0.25) is 15.9 Å². The van der Waals surface area contributed by atoms with Crippen LogP contribution in [0.3, 0.4) is 0 Å². The summed E-state index contributed by atoms with van der Waals surface area (Å²) in [4.78, 5) is 13.2. The molecule has 2 aromatic carbocycles. The predicted octanol–water partition coefficient (Wildman–Crippen LogP) is 4.57. The number of amides is 1. The Morgan fingerprint density at radius 3 is 2.41 bits per heavy atom. The van der Waals surface area contributed by atoms with Gasteiger partial charge in [-0.15, -0.1) is 0 Å². The first-order valence-corrected chi connectivity index (χ1v) is 13.7. The Bertz CT molecular complexity index is 1130. The Labute approximate surface area is 201 Å². The van der Waals surface area contributed by atoms with Crippen LogP contribution in [0.4, 0.5) is 4.39 Å². The van der Waals surface area contributed by atoms with Gasteiger partial charge < -0.3 is 10.1 Å². The maximum absolute atomic E-state index is 13.9. The summed E-state index contributed by atoms with van der Waals surface area (Å²) in [5.74, 6) is -0.378. The summed E-state index contributed by atoms with van der Waals surface area (Å²) in [6.07, 6.45) is 3.29. The third-order valence-corrected chi connectivity index (χ3v) is 9.14. The number of hydrogen-bond donors (Lipinski definition) is 1. The summed E-state index contributed by atoms with van der Waals surface area (Å²) in [5, 5.41) is 3.23. The zero-order chi connectivity index (χ0) is 24.3. The first-order chi connectivity index (χ1) is 16.3. The second-order valence-corrected chi connectivity index (χ2v) is 11.3. The largest absolute Gasteiger partial charge is 0.487 e. The molecule has 0 bridgehead atoms. The van der Waals surface area contributed by atoms with E-state index >= 15 is 0 Å². The van der Waals surface area contributed by atoms with Crippen molar-refractivity contribution in [3.8, 4) is 5.75 Å². The molecule has 1 N–H and O–H groups in total. The minimum absolute atomic E-state index is 0.0473. The van der Waals surface area contributed by atoms with Crippen LogP contribution in [0.1, 0.15) is 63.1 Å². The molecule has 2 aromatic rings. The molecule has 0 aromatic heterocycles. The molecule has 2 heterocycles. The molecule has 2 aliphatic heterocycles. The smallest absolute Gasteiger partial charge is 0.223 e. The van der Waals surface area contributed by atoms with Gasteiger partial charge in [0.1, 0.15) is 17.2 Å². The van der Waals surface area contributed by atoms with Gasteiger partial charge in [-0.3, -0.25) is 4.79 Å². The van der Waals surface area contributed by atoms with E-state index < -0.39 is 15.8 Å². The average Bonchev–Trinajstić information content (AvgIpc) is 2.85. The normalized spacial score (nSPS) is 20.9. The van der Waals surface area contributed by atoms with E-state index in [-0.39, 0.29) is 47.9 Å². The lowest BCUT2D eigenvalue weighted by atomic mass is 9.83. The van der Waals surface area contributed by atoms with Gasteiger partial charge in [0.15, 0.2) is 0 Å². The van der Waals surface area contributed by atoms with E-state index in [1.165, 1.54) is 22.5 Å². The molecule has 8 heteroatoms. The number of piperidine rings is 1. The Morgan fingerprint density at radius 2 is 1.74 bits per heavy atom.